The normalized spacial score (nSPS) is 18.1. The van der Waals surface area contributed by atoms with Gasteiger partial charge in [0.15, 0.2) is 0 Å². The lowest BCUT2D eigenvalue weighted by Gasteiger charge is -2.16. The third-order valence-electron chi connectivity index (χ3n) is 3.85. The smallest absolute Gasteiger partial charge is 0.398 e. The van der Waals surface area contributed by atoms with Crippen LogP contribution in [0.15, 0.2) is 23.1 Å². The van der Waals surface area contributed by atoms with Gasteiger partial charge in [-0.15, -0.1) is 11.8 Å². The molecule has 0 spiro atoms. The molecule has 1 unspecified atom stereocenters. The molecule has 1 fully saturated rings. The standard InChI is InChI=1S/C15H20F3NOS/c16-15(17,18)11-5-6-14(13(19)8-11)21-9-12(20)7-10-3-1-2-4-10/h5-6,8,10,12,20H,1-4,7,9,19H2. The molecule has 2 nitrogen and oxygen atoms in total. The molecule has 6 heteroatoms. The molecule has 1 atom stereocenters. The molecule has 1 aliphatic rings. The molecule has 0 aromatic heterocycles. The largest absolute Gasteiger partial charge is 0.416 e. The molecular weight excluding hydrogens is 299 g/mol. The van der Waals surface area contributed by atoms with Crippen LogP contribution in [0.4, 0.5) is 18.9 Å². The summed E-state index contributed by atoms with van der Waals surface area (Å²) in [5.41, 5.74) is 5.04. The van der Waals surface area contributed by atoms with E-state index >= 15 is 0 Å². The minimum Gasteiger partial charge on any atom is -0.398 e. The van der Waals surface area contributed by atoms with Gasteiger partial charge in [-0.25, -0.2) is 0 Å². The number of thioether (sulfide) groups is 1. The SMILES string of the molecule is Nc1cc(C(F)(F)F)ccc1SCC(O)CC1CCCC1. The van der Waals surface area contributed by atoms with Crippen molar-refractivity contribution in [3.05, 3.63) is 23.8 Å². The molecule has 1 aromatic rings. The van der Waals surface area contributed by atoms with E-state index < -0.39 is 17.8 Å². The first-order valence-electron chi connectivity index (χ1n) is 7.14. The third kappa shape index (κ3) is 4.81. The number of benzene rings is 1. The van der Waals surface area contributed by atoms with Gasteiger partial charge in [0.1, 0.15) is 0 Å². The van der Waals surface area contributed by atoms with Crippen molar-refractivity contribution in [2.24, 2.45) is 5.92 Å². The number of halogens is 3. The van der Waals surface area contributed by atoms with Crippen molar-refractivity contribution in [1.29, 1.82) is 0 Å². The maximum absolute atomic E-state index is 12.5. The molecule has 1 aliphatic carbocycles. The van der Waals surface area contributed by atoms with Crippen molar-refractivity contribution in [2.45, 2.75) is 49.3 Å². The van der Waals surface area contributed by atoms with Gasteiger partial charge < -0.3 is 10.8 Å². The fourth-order valence-corrected chi connectivity index (χ4v) is 3.64. The maximum atomic E-state index is 12.5. The quantitative estimate of drug-likeness (QED) is 0.627. The summed E-state index contributed by atoms with van der Waals surface area (Å²) < 4.78 is 37.6. The average molecular weight is 319 g/mol. The molecule has 0 heterocycles. The number of nitrogen functional groups attached to an aromatic ring is 1. The van der Waals surface area contributed by atoms with Gasteiger partial charge in [-0.1, -0.05) is 25.7 Å². The van der Waals surface area contributed by atoms with E-state index in [-0.39, 0.29) is 5.69 Å². The Bertz CT molecular complexity index is 472. The number of nitrogens with two attached hydrogens (primary N) is 1. The second-order valence-electron chi connectivity index (χ2n) is 5.60. The summed E-state index contributed by atoms with van der Waals surface area (Å²) in [5.74, 6) is 1.05. The van der Waals surface area contributed by atoms with E-state index in [1.165, 1.54) is 43.5 Å². The molecule has 0 bridgehead atoms. The number of hydrogen-bond donors (Lipinski definition) is 2. The van der Waals surface area contributed by atoms with E-state index in [0.717, 1.165) is 18.6 Å². The third-order valence-corrected chi connectivity index (χ3v) is 5.08. The fraction of sp³-hybridized carbons (Fsp3) is 0.600. The lowest BCUT2D eigenvalue weighted by Crippen LogP contribution is -2.14. The van der Waals surface area contributed by atoms with Crippen molar-refractivity contribution in [2.75, 3.05) is 11.5 Å². The molecule has 21 heavy (non-hydrogen) atoms. The van der Waals surface area contributed by atoms with Crippen molar-refractivity contribution in [3.63, 3.8) is 0 Å². The van der Waals surface area contributed by atoms with Crippen LogP contribution in [0.1, 0.15) is 37.7 Å². The summed E-state index contributed by atoms with van der Waals surface area (Å²) in [6.07, 6.45) is 0.772. The predicted molar refractivity (Wildman–Crippen MR) is 79.2 cm³/mol. The number of rotatable bonds is 5. The van der Waals surface area contributed by atoms with E-state index in [9.17, 15) is 18.3 Å². The van der Waals surface area contributed by atoms with Gasteiger partial charge in [0.05, 0.1) is 11.7 Å². The van der Waals surface area contributed by atoms with E-state index in [2.05, 4.69) is 0 Å². The second-order valence-corrected chi connectivity index (χ2v) is 6.66. The topological polar surface area (TPSA) is 46.2 Å². The first-order valence-corrected chi connectivity index (χ1v) is 8.12. The summed E-state index contributed by atoms with van der Waals surface area (Å²) in [5, 5.41) is 10.0. The summed E-state index contributed by atoms with van der Waals surface area (Å²) in [6.45, 7) is 0. The van der Waals surface area contributed by atoms with E-state index in [1.54, 1.807) is 0 Å². The molecule has 118 valence electrons. The summed E-state index contributed by atoms with van der Waals surface area (Å²) in [4.78, 5) is 0.591. The van der Waals surface area contributed by atoms with Gasteiger partial charge in [0.25, 0.3) is 0 Å². The molecule has 1 saturated carbocycles. The Kier molecular flexibility index (Phi) is 5.43. The zero-order chi connectivity index (χ0) is 15.5. The van der Waals surface area contributed by atoms with Crippen LogP contribution in [0, 0.1) is 5.92 Å². The highest BCUT2D eigenvalue weighted by atomic mass is 32.2. The monoisotopic (exact) mass is 319 g/mol. The highest BCUT2D eigenvalue weighted by molar-refractivity contribution is 7.99. The summed E-state index contributed by atoms with van der Waals surface area (Å²) in [6, 6.07) is 3.36. The van der Waals surface area contributed by atoms with Gasteiger partial charge >= 0.3 is 6.18 Å². The van der Waals surface area contributed by atoms with Gasteiger partial charge in [-0.2, -0.15) is 13.2 Å². The van der Waals surface area contributed by atoms with Crippen LogP contribution in [-0.4, -0.2) is 17.0 Å². The Hall–Kier alpha value is -0.880. The predicted octanol–water partition coefficient (Wildman–Crippen LogP) is 4.32. The molecule has 0 radical (unpaired) electrons. The zero-order valence-electron chi connectivity index (χ0n) is 11.7. The van der Waals surface area contributed by atoms with Crippen LogP contribution in [0.5, 0.6) is 0 Å². The van der Waals surface area contributed by atoms with Crippen molar-refractivity contribution in [1.82, 2.24) is 0 Å². The van der Waals surface area contributed by atoms with Crippen molar-refractivity contribution >= 4 is 17.4 Å². The summed E-state index contributed by atoms with van der Waals surface area (Å²) in [7, 11) is 0. The Balaban J connectivity index is 1.87. The van der Waals surface area contributed by atoms with E-state index in [1.807, 2.05) is 0 Å². The highest BCUT2D eigenvalue weighted by Gasteiger charge is 2.30. The van der Waals surface area contributed by atoms with Crippen LogP contribution < -0.4 is 5.73 Å². The lowest BCUT2D eigenvalue weighted by molar-refractivity contribution is -0.137. The van der Waals surface area contributed by atoms with Crippen LogP contribution in [0.25, 0.3) is 0 Å². The lowest BCUT2D eigenvalue weighted by atomic mass is 10.0. The first-order chi connectivity index (χ1) is 9.86. The molecule has 0 saturated heterocycles. The minimum atomic E-state index is -4.38. The Morgan fingerprint density at radius 3 is 2.52 bits per heavy atom. The number of alkyl halides is 3. The Labute approximate surface area is 126 Å². The van der Waals surface area contributed by atoms with Crippen LogP contribution in [-0.2, 0) is 6.18 Å². The van der Waals surface area contributed by atoms with Crippen LogP contribution >= 0.6 is 11.8 Å². The average Bonchev–Trinajstić information content (AvgIpc) is 2.89. The van der Waals surface area contributed by atoms with Gasteiger partial charge in [0.2, 0.25) is 0 Å². The molecule has 0 aliphatic heterocycles. The van der Waals surface area contributed by atoms with Crippen molar-refractivity contribution in [3.8, 4) is 0 Å². The number of anilines is 1. The Morgan fingerprint density at radius 1 is 1.29 bits per heavy atom. The number of aliphatic hydroxyl groups excluding tert-OH is 1. The van der Waals surface area contributed by atoms with E-state index in [0.29, 0.717) is 16.6 Å². The molecular formula is C15H20F3NOS. The molecule has 1 aromatic carbocycles. The number of aliphatic hydroxyl groups is 1. The van der Waals surface area contributed by atoms with Gasteiger partial charge in [0, 0.05) is 16.3 Å². The van der Waals surface area contributed by atoms with Gasteiger partial charge in [-0.05, 0) is 30.5 Å². The zero-order valence-corrected chi connectivity index (χ0v) is 12.5. The minimum absolute atomic E-state index is 0.114. The van der Waals surface area contributed by atoms with E-state index in [4.69, 9.17) is 5.73 Å². The number of hydrogen-bond acceptors (Lipinski definition) is 3. The fourth-order valence-electron chi connectivity index (χ4n) is 2.74. The maximum Gasteiger partial charge on any atom is 0.416 e. The second kappa shape index (κ2) is 6.92. The van der Waals surface area contributed by atoms with Crippen molar-refractivity contribution < 1.29 is 18.3 Å². The molecule has 2 rings (SSSR count). The first kappa shape index (κ1) is 16.5. The van der Waals surface area contributed by atoms with Crippen LogP contribution in [0.2, 0.25) is 0 Å². The van der Waals surface area contributed by atoms with Gasteiger partial charge in [-0.3, -0.25) is 0 Å². The van der Waals surface area contributed by atoms with Crippen LogP contribution in [0.3, 0.4) is 0 Å². The molecule has 0 amide bonds. The Morgan fingerprint density at radius 2 is 1.95 bits per heavy atom. The highest BCUT2D eigenvalue weighted by Crippen LogP contribution is 2.35. The summed E-state index contributed by atoms with van der Waals surface area (Å²) >= 11 is 1.32. The molecule has 3 N–H and O–H groups in total.